The average Bonchev–Trinajstić information content (AvgIpc) is 3.15. The van der Waals surface area contributed by atoms with E-state index in [2.05, 4.69) is 25.7 Å². The van der Waals surface area contributed by atoms with Crippen molar-refractivity contribution >= 4 is 17.6 Å². The van der Waals surface area contributed by atoms with Crippen molar-refractivity contribution in [1.29, 1.82) is 0 Å². The van der Waals surface area contributed by atoms with Gasteiger partial charge in [0.05, 0.1) is 31.9 Å². The highest BCUT2D eigenvalue weighted by atomic mass is 19.4. The molecular weight excluding hydrogens is 389 g/mol. The number of nitrogens with one attached hydrogen (secondary N) is 2. The Balaban J connectivity index is 1.61. The molecule has 2 aliphatic heterocycles. The molecule has 1 saturated carbocycles. The Morgan fingerprint density at radius 3 is 2.76 bits per heavy atom. The standard InChI is InChI=1S/C18H21F3N6O2/c1-9-14-16(27(26-9)11-3-2-4-11)25-17-22-5-12(18(19,20)21)15(24-17)23-13-8-28-6-10(13)7-29-14/h5,10-11,13H,2-4,6-8H2,1H3,(H2,22,23,24,25)/t10-,13+/m0/s1. The quantitative estimate of drug-likeness (QED) is 0.746. The topological polar surface area (TPSA) is 86.1 Å². The number of aromatic nitrogens is 4. The molecule has 0 unspecified atom stereocenters. The molecule has 1 aliphatic carbocycles. The molecule has 0 spiro atoms. The number of hydrogen-bond acceptors (Lipinski definition) is 7. The van der Waals surface area contributed by atoms with E-state index in [4.69, 9.17) is 9.47 Å². The molecule has 3 aliphatic rings. The van der Waals surface area contributed by atoms with E-state index >= 15 is 0 Å². The first-order valence-electron chi connectivity index (χ1n) is 9.67. The summed E-state index contributed by atoms with van der Waals surface area (Å²) >= 11 is 0. The van der Waals surface area contributed by atoms with Gasteiger partial charge in [0.25, 0.3) is 0 Å². The van der Waals surface area contributed by atoms with Crippen molar-refractivity contribution in [3.63, 3.8) is 0 Å². The van der Waals surface area contributed by atoms with Crippen molar-refractivity contribution in [2.75, 3.05) is 30.5 Å². The van der Waals surface area contributed by atoms with E-state index in [-0.39, 0.29) is 36.4 Å². The lowest BCUT2D eigenvalue weighted by atomic mass is 9.93. The van der Waals surface area contributed by atoms with Crippen LogP contribution in [0.4, 0.5) is 30.8 Å². The van der Waals surface area contributed by atoms with Gasteiger partial charge in [-0.15, -0.1) is 0 Å². The number of anilines is 3. The number of alkyl halides is 3. The Morgan fingerprint density at radius 2 is 2.03 bits per heavy atom. The molecule has 29 heavy (non-hydrogen) atoms. The van der Waals surface area contributed by atoms with Crippen molar-refractivity contribution in [3.8, 4) is 5.75 Å². The van der Waals surface area contributed by atoms with E-state index in [1.807, 2.05) is 11.6 Å². The van der Waals surface area contributed by atoms with Crippen LogP contribution in [-0.2, 0) is 10.9 Å². The maximum Gasteiger partial charge on any atom is 0.421 e. The predicted molar refractivity (Wildman–Crippen MR) is 97.4 cm³/mol. The SMILES string of the molecule is Cc1nn(C2CCC2)c2c1OC[C@@H]1COC[C@H]1Nc1nc(ncc1C(F)(F)F)N2. The molecule has 8 nitrogen and oxygen atoms in total. The fourth-order valence-corrected chi connectivity index (χ4v) is 3.87. The second-order valence-corrected chi connectivity index (χ2v) is 7.73. The lowest BCUT2D eigenvalue weighted by Gasteiger charge is -2.27. The summed E-state index contributed by atoms with van der Waals surface area (Å²) in [5.74, 6) is 0.838. The molecule has 2 N–H and O–H groups in total. The number of halogens is 3. The second-order valence-electron chi connectivity index (χ2n) is 7.73. The Bertz CT molecular complexity index is 927. The minimum atomic E-state index is -4.57. The summed E-state index contributed by atoms with van der Waals surface area (Å²) in [7, 11) is 0. The Labute approximate surface area is 164 Å². The lowest BCUT2D eigenvalue weighted by Crippen LogP contribution is -2.33. The van der Waals surface area contributed by atoms with Crippen molar-refractivity contribution in [1.82, 2.24) is 19.7 Å². The van der Waals surface area contributed by atoms with E-state index in [1.165, 1.54) is 0 Å². The summed E-state index contributed by atoms with van der Waals surface area (Å²) in [5.41, 5.74) is -0.188. The normalized spacial score (nSPS) is 24.3. The zero-order valence-electron chi connectivity index (χ0n) is 15.8. The highest BCUT2D eigenvalue weighted by molar-refractivity contribution is 5.62. The van der Waals surface area contributed by atoms with Gasteiger partial charge in [-0.25, -0.2) is 9.67 Å². The number of fused-ring (bicyclic) bond motifs is 4. The summed E-state index contributed by atoms with van der Waals surface area (Å²) in [6.07, 6.45) is -0.659. The molecule has 0 aromatic carbocycles. The highest BCUT2D eigenvalue weighted by Gasteiger charge is 2.38. The third kappa shape index (κ3) is 3.26. The highest BCUT2D eigenvalue weighted by Crippen LogP contribution is 2.41. The van der Waals surface area contributed by atoms with Gasteiger partial charge in [0.15, 0.2) is 11.6 Å². The van der Waals surface area contributed by atoms with Crippen LogP contribution in [0.3, 0.4) is 0 Å². The molecule has 2 bridgehead atoms. The third-order valence-electron chi connectivity index (χ3n) is 5.74. The van der Waals surface area contributed by atoms with E-state index in [0.717, 1.165) is 25.5 Å². The first kappa shape index (κ1) is 18.5. The summed E-state index contributed by atoms with van der Waals surface area (Å²) in [5, 5.41) is 10.6. The van der Waals surface area contributed by atoms with Crippen molar-refractivity contribution in [2.24, 2.45) is 5.92 Å². The van der Waals surface area contributed by atoms with Gasteiger partial charge in [-0.2, -0.15) is 23.3 Å². The van der Waals surface area contributed by atoms with Crippen LogP contribution < -0.4 is 15.4 Å². The molecule has 2 aromatic heterocycles. The minimum Gasteiger partial charge on any atom is -0.487 e. The number of aryl methyl sites for hydroxylation is 1. The zero-order valence-corrected chi connectivity index (χ0v) is 15.8. The third-order valence-corrected chi connectivity index (χ3v) is 5.74. The lowest BCUT2D eigenvalue weighted by molar-refractivity contribution is -0.137. The van der Waals surface area contributed by atoms with Gasteiger partial charge < -0.3 is 20.1 Å². The van der Waals surface area contributed by atoms with E-state index in [1.54, 1.807) is 0 Å². The summed E-state index contributed by atoms with van der Waals surface area (Å²) < 4.78 is 53.9. The fourth-order valence-electron chi connectivity index (χ4n) is 3.87. The molecule has 0 amide bonds. The van der Waals surface area contributed by atoms with E-state index in [0.29, 0.717) is 30.5 Å². The van der Waals surface area contributed by atoms with Crippen LogP contribution in [-0.4, -0.2) is 45.6 Å². The molecule has 5 rings (SSSR count). The molecule has 2 fully saturated rings. The van der Waals surface area contributed by atoms with Gasteiger partial charge in [0.1, 0.15) is 17.1 Å². The van der Waals surface area contributed by atoms with Gasteiger partial charge in [-0.3, -0.25) is 0 Å². The van der Waals surface area contributed by atoms with Crippen LogP contribution in [0.2, 0.25) is 0 Å². The van der Waals surface area contributed by atoms with Crippen LogP contribution in [0.1, 0.15) is 36.6 Å². The monoisotopic (exact) mass is 410 g/mol. The van der Waals surface area contributed by atoms with Gasteiger partial charge in [0, 0.05) is 12.1 Å². The first-order chi connectivity index (χ1) is 13.9. The van der Waals surface area contributed by atoms with Crippen LogP contribution in [0.5, 0.6) is 5.75 Å². The average molecular weight is 410 g/mol. The fraction of sp³-hybridized carbons (Fsp3) is 0.611. The summed E-state index contributed by atoms with van der Waals surface area (Å²) in [6.45, 7) is 2.84. The molecule has 2 aromatic rings. The Morgan fingerprint density at radius 1 is 1.21 bits per heavy atom. The molecule has 11 heteroatoms. The molecule has 0 radical (unpaired) electrons. The number of hydrogen-bond donors (Lipinski definition) is 2. The number of ether oxygens (including phenoxy) is 2. The number of nitrogens with zero attached hydrogens (tertiary/aromatic N) is 4. The molecule has 4 heterocycles. The van der Waals surface area contributed by atoms with Gasteiger partial charge in [-0.05, 0) is 26.2 Å². The van der Waals surface area contributed by atoms with Gasteiger partial charge in [-0.1, -0.05) is 0 Å². The smallest absolute Gasteiger partial charge is 0.421 e. The maximum atomic E-state index is 13.5. The summed E-state index contributed by atoms with van der Waals surface area (Å²) in [6, 6.07) is -0.115. The van der Waals surface area contributed by atoms with Gasteiger partial charge in [0.2, 0.25) is 5.95 Å². The van der Waals surface area contributed by atoms with Crippen molar-refractivity contribution in [3.05, 3.63) is 17.5 Å². The van der Waals surface area contributed by atoms with Crippen LogP contribution in [0, 0.1) is 12.8 Å². The maximum absolute atomic E-state index is 13.5. The zero-order chi connectivity index (χ0) is 20.2. The van der Waals surface area contributed by atoms with Crippen molar-refractivity contribution < 1.29 is 22.6 Å². The Kier molecular flexibility index (Phi) is 4.30. The van der Waals surface area contributed by atoms with Crippen molar-refractivity contribution in [2.45, 2.75) is 44.4 Å². The predicted octanol–water partition coefficient (Wildman–Crippen LogP) is 3.29. The van der Waals surface area contributed by atoms with Crippen LogP contribution in [0.25, 0.3) is 0 Å². The largest absolute Gasteiger partial charge is 0.487 e. The molecule has 1 saturated heterocycles. The first-order valence-corrected chi connectivity index (χ1v) is 9.67. The molecule has 156 valence electrons. The summed E-state index contributed by atoms with van der Waals surface area (Å²) in [4.78, 5) is 8.06. The van der Waals surface area contributed by atoms with E-state index in [9.17, 15) is 13.2 Å². The Hall–Kier alpha value is -2.56. The minimum absolute atomic E-state index is 0.0585. The van der Waals surface area contributed by atoms with Crippen LogP contribution in [0.15, 0.2) is 6.20 Å². The van der Waals surface area contributed by atoms with Crippen LogP contribution >= 0.6 is 0 Å². The molecule has 2 atom stereocenters. The van der Waals surface area contributed by atoms with E-state index < -0.39 is 11.7 Å². The molecular formula is C18H21F3N6O2. The van der Waals surface area contributed by atoms with Gasteiger partial charge >= 0.3 is 6.18 Å². The number of rotatable bonds is 1. The second kappa shape index (κ2) is 6.75.